The molecule has 0 amide bonds. The lowest BCUT2D eigenvalue weighted by molar-refractivity contribution is -0.141. The van der Waals surface area contributed by atoms with Crippen molar-refractivity contribution in [1.29, 1.82) is 0 Å². The van der Waals surface area contributed by atoms with Gasteiger partial charge in [-0.1, -0.05) is 6.07 Å². The number of alkyl halides is 3. The van der Waals surface area contributed by atoms with Gasteiger partial charge >= 0.3 is 6.18 Å². The molecule has 3 rings (SSSR count). The quantitative estimate of drug-likeness (QED) is 0.858. The molecule has 1 aliphatic carbocycles. The van der Waals surface area contributed by atoms with Crippen LogP contribution < -0.4 is 5.32 Å². The van der Waals surface area contributed by atoms with Gasteiger partial charge in [-0.15, -0.1) is 0 Å². The van der Waals surface area contributed by atoms with E-state index in [1.165, 1.54) is 12.1 Å². The lowest BCUT2D eigenvalue weighted by atomic mass is 10.1. The van der Waals surface area contributed by atoms with E-state index in [-0.39, 0.29) is 17.8 Å². The molecule has 0 aliphatic heterocycles. The van der Waals surface area contributed by atoms with Gasteiger partial charge in [0.2, 0.25) is 5.95 Å². The van der Waals surface area contributed by atoms with Crippen LogP contribution in [0.3, 0.4) is 0 Å². The van der Waals surface area contributed by atoms with Crippen molar-refractivity contribution in [3.63, 3.8) is 0 Å². The van der Waals surface area contributed by atoms with E-state index in [2.05, 4.69) is 15.3 Å². The SMILES string of the molecule is Fc1ccc2c(c1)C(Nc1nccc(C(F)(F)F)n1)CC2. The Morgan fingerprint density at radius 1 is 1.19 bits per heavy atom. The minimum atomic E-state index is -4.51. The molecule has 3 nitrogen and oxygen atoms in total. The minimum absolute atomic E-state index is 0.105. The Morgan fingerprint density at radius 2 is 2.00 bits per heavy atom. The zero-order chi connectivity index (χ0) is 15.0. The molecule has 1 heterocycles. The summed E-state index contributed by atoms with van der Waals surface area (Å²) in [6, 6.07) is 5.00. The number of hydrogen-bond acceptors (Lipinski definition) is 3. The first-order chi connectivity index (χ1) is 9.93. The molecular weight excluding hydrogens is 286 g/mol. The second kappa shape index (κ2) is 4.98. The molecule has 1 aromatic carbocycles. The third kappa shape index (κ3) is 2.81. The Bertz CT molecular complexity index is 670. The first-order valence-electron chi connectivity index (χ1n) is 6.38. The van der Waals surface area contributed by atoms with Gasteiger partial charge in [-0.05, 0) is 42.2 Å². The largest absolute Gasteiger partial charge is 0.433 e. The van der Waals surface area contributed by atoms with Crippen LogP contribution in [0.25, 0.3) is 0 Å². The summed E-state index contributed by atoms with van der Waals surface area (Å²) in [7, 11) is 0. The third-order valence-electron chi connectivity index (χ3n) is 3.44. The van der Waals surface area contributed by atoms with Crippen LogP contribution in [0.5, 0.6) is 0 Å². The zero-order valence-corrected chi connectivity index (χ0v) is 10.8. The number of aryl methyl sites for hydroxylation is 1. The summed E-state index contributed by atoms with van der Waals surface area (Å²) in [4.78, 5) is 7.26. The Morgan fingerprint density at radius 3 is 2.76 bits per heavy atom. The van der Waals surface area contributed by atoms with Crippen molar-refractivity contribution in [3.8, 4) is 0 Å². The van der Waals surface area contributed by atoms with Crippen LogP contribution >= 0.6 is 0 Å². The normalized spacial score (nSPS) is 17.6. The number of benzene rings is 1. The van der Waals surface area contributed by atoms with Gasteiger partial charge in [0, 0.05) is 6.20 Å². The van der Waals surface area contributed by atoms with Crippen molar-refractivity contribution >= 4 is 5.95 Å². The fourth-order valence-corrected chi connectivity index (χ4v) is 2.47. The lowest BCUT2D eigenvalue weighted by Gasteiger charge is -2.15. The Labute approximate surface area is 118 Å². The molecule has 0 saturated heterocycles. The van der Waals surface area contributed by atoms with Gasteiger partial charge in [0.1, 0.15) is 11.5 Å². The molecule has 0 saturated carbocycles. The standard InChI is InChI=1S/C14H11F4N3/c15-9-3-1-8-2-4-11(10(8)7-9)20-13-19-6-5-12(21-13)14(16,17)18/h1,3,5-7,11H,2,4H2,(H,19,20,21). The maximum absolute atomic E-state index is 13.3. The van der Waals surface area contributed by atoms with E-state index in [9.17, 15) is 17.6 Å². The first kappa shape index (κ1) is 13.8. The summed E-state index contributed by atoms with van der Waals surface area (Å²) in [6.07, 6.45) is -2.05. The number of nitrogens with one attached hydrogen (secondary N) is 1. The van der Waals surface area contributed by atoms with Crippen molar-refractivity contribution in [2.75, 3.05) is 5.32 Å². The summed E-state index contributed by atoms with van der Waals surface area (Å²) in [6.45, 7) is 0. The average molecular weight is 297 g/mol. The highest BCUT2D eigenvalue weighted by atomic mass is 19.4. The fourth-order valence-electron chi connectivity index (χ4n) is 2.47. The zero-order valence-electron chi connectivity index (χ0n) is 10.8. The van der Waals surface area contributed by atoms with Crippen LogP contribution in [0, 0.1) is 5.82 Å². The maximum atomic E-state index is 13.3. The van der Waals surface area contributed by atoms with E-state index in [0.717, 1.165) is 29.8 Å². The highest BCUT2D eigenvalue weighted by molar-refractivity contribution is 5.41. The van der Waals surface area contributed by atoms with E-state index < -0.39 is 11.9 Å². The minimum Gasteiger partial charge on any atom is -0.347 e. The van der Waals surface area contributed by atoms with Gasteiger partial charge in [-0.2, -0.15) is 13.2 Å². The smallest absolute Gasteiger partial charge is 0.347 e. The molecule has 7 heteroatoms. The first-order valence-corrected chi connectivity index (χ1v) is 6.38. The second-order valence-corrected chi connectivity index (χ2v) is 4.84. The number of aromatic nitrogens is 2. The van der Waals surface area contributed by atoms with E-state index in [1.807, 2.05) is 0 Å². The molecule has 2 aromatic rings. The van der Waals surface area contributed by atoms with Gasteiger partial charge in [-0.3, -0.25) is 0 Å². The highest BCUT2D eigenvalue weighted by Gasteiger charge is 2.33. The molecule has 0 fully saturated rings. The topological polar surface area (TPSA) is 37.8 Å². The number of anilines is 1. The summed E-state index contributed by atoms with van der Waals surface area (Å²) >= 11 is 0. The van der Waals surface area contributed by atoms with Crippen LogP contribution in [0.1, 0.15) is 29.3 Å². The molecule has 1 N–H and O–H groups in total. The van der Waals surface area contributed by atoms with Gasteiger partial charge in [0.05, 0.1) is 6.04 Å². The Kier molecular flexibility index (Phi) is 3.27. The Hall–Kier alpha value is -2.18. The molecule has 1 unspecified atom stereocenters. The molecule has 21 heavy (non-hydrogen) atoms. The van der Waals surface area contributed by atoms with Crippen LogP contribution in [-0.2, 0) is 12.6 Å². The number of nitrogens with zero attached hydrogens (tertiary/aromatic N) is 2. The van der Waals surface area contributed by atoms with Crippen molar-refractivity contribution in [2.45, 2.75) is 25.1 Å². The molecule has 1 aromatic heterocycles. The molecule has 0 radical (unpaired) electrons. The number of halogens is 4. The summed E-state index contributed by atoms with van der Waals surface area (Å²) in [5.74, 6) is -0.473. The summed E-state index contributed by atoms with van der Waals surface area (Å²) < 4.78 is 51.1. The van der Waals surface area contributed by atoms with Crippen LogP contribution in [0.15, 0.2) is 30.5 Å². The van der Waals surface area contributed by atoms with Crippen molar-refractivity contribution in [1.82, 2.24) is 9.97 Å². The third-order valence-corrected chi connectivity index (χ3v) is 3.44. The van der Waals surface area contributed by atoms with E-state index >= 15 is 0 Å². The predicted molar refractivity (Wildman–Crippen MR) is 68.1 cm³/mol. The second-order valence-electron chi connectivity index (χ2n) is 4.84. The summed E-state index contributed by atoms with van der Waals surface area (Å²) in [5, 5.41) is 2.85. The molecule has 0 bridgehead atoms. The number of fused-ring (bicyclic) bond motifs is 1. The van der Waals surface area contributed by atoms with Gasteiger partial charge in [-0.25, -0.2) is 14.4 Å². The lowest BCUT2D eigenvalue weighted by Crippen LogP contribution is -2.14. The molecule has 0 spiro atoms. The summed E-state index contributed by atoms with van der Waals surface area (Å²) in [5.41, 5.74) is 0.731. The van der Waals surface area contributed by atoms with Crippen molar-refractivity contribution < 1.29 is 17.6 Å². The predicted octanol–water partition coefficient (Wildman–Crippen LogP) is 3.73. The van der Waals surface area contributed by atoms with Gasteiger partial charge in [0.25, 0.3) is 0 Å². The monoisotopic (exact) mass is 297 g/mol. The van der Waals surface area contributed by atoms with Crippen LogP contribution in [-0.4, -0.2) is 9.97 Å². The number of hydrogen-bond donors (Lipinski definition) is 1. The van der Waals surface area contributed by atoms with Gasteiger partial charge in [0.15, 0.2) is 0 Å². The molecule has 110 valence electrons. The van der Waals surface area contributed by atoms with E-state index in [1.54, 1.807) is 6.07 Å². The fraction of sp³-hybridized carbons (Fsp3) is 0.286. The van der Waals surface area contributed by atoms with Crippen molar-refractivity contribution in [3.05, 3.63) is 53.1 Å². The van der Waals surface area contributed by atoms with E-state index in [0.29, 0.717) is 6.42 Å². The van der Waals surface area contributed by atoms with Crippen LogP contribution in [0.2, 0.25) is 0 Å². The Balaban J connectivity index is 1.85. The van der Waals surface area contributed by atoms with E-state index in [4.69, 9.17) is 0 Å². The van der Waals surface area contributed by atoms with Crippen molar-refractivity contribution in [2.24, 2.45) is 0 Å². The molecule has 1 atom stereocenters. The number of rotatable bonds is 2. The molecule has 1 aliphatic rings. The highest BCUT2D eigenvalue weighted by Crippen LogP contribution is 2.34. The maximum Gasteiger partial charge on any atom is 0.433 e. The van der Waals surface area contributed by atoms with Crippen LogP contribution in [0.4, 0.5) is 23.5 Å². The van der Waals surface area contributed by atoms with Gasteiger partial charge < -0.3 is 5.32 Å². The average Bonchev–Trinajstić information content (AvgIpc) is 2.81. The molecular formula is C14H11F4N3.